The van der Waals surface area contributed by atoms with Gasteiger partial charge in [0.25, 0.3) is 0 Å². The lowest BCUT2D eigenvalue weighted by atomic mass is 10.2. The Kier molecular flexibility index (Phi) is 2.72. The van der Waals surface area contributed by atoms with E-state index in [0.717, 1.165) is 15.6 Å². The number of halogens is 1. The molecule has 0 bridgehead atoms. The smallest absolute Gasteiger partial charge is 0.0932 e. The largest absolute Gasteiger partial charge is 0.388 e. The maximum Gasteiger partial charge on any atom is 0.0932 e. The second kappa shape index (κ2) is 3.37. The van der Waals surface area contributed by atoms with E-state index in [1.165, 1.54) is 11.3 Å². The van der Waals surface area contributed by atoms with Crippen LogP contribution in [0.25, 0.3) is 0 Å². The van der Waals surface area contributed by atoms with E-state index in [0.29, 0.717) is 0 Å². The Hall–Kier alpha value is -0.0500. The number of hydrogen-bond donors (Lipinski definition) is 1. The van der Waals surface area contributed by atoms with Crippen molar-refractivity contribution in [1.82, 2.24) is 0 Å². The van der Waals surface area contributed by atoms with Gasteiger partial charge in [-0.05, 0) is 18.6 Å². The lowest BCUT2D eigenvalue weighted by Crippen LogP contribution is -1.89. The van der Waals surface area contributed by atoms with Gasteiger partial charge < -0.3 is 5.11 Å². The molecule has 0 aliphatic heterocycles. The molecule has 56 valence electrons. The molecule has 1 rings (SSSR count). The van der Waals surface area contributed by atoms with Crippen molar-refractivity contribution in [1.29, 1.82) is 0 Å². The summed E-state index contributed by atoms with van der Waals surface area (Å²) in [4.78, 5) is 0.951. The fourth-order valence-corrected chi connectivity index (χ4v) is 1.84. The van der Waals surface area contributed by atoms with Crippen LogP contribution < -0.4 is 0 Å². The minimum atomic E-state index is -0.336. The molecule has 1 aromatic rings. The highest BCUT2D eigenvalue weighted by molar-refractivity contribution is 7.16. The van der Waals surface area contributed by atoms with Crippen LogP contribution in [0.15, 0.2) is 12.1 Å². The molecular formula is C7H9ClOS. The van der Waals surface area contributed by atoms with Crippen molar-refractivity contribution >= 4 is 22.9 Å². The van der Waals surface area contributed by atoms with Crippen LogP contribution in [0.2, 0.25) is 4.34 Å². The minimum Gasteiger partial charge on any atom is -0.388 e. The Labute approximate surface area is 69.3 Å². The van der Waals surface area contributed by atoms with E-state index < -0.39 is 0 Å². The quantitative estimate of drug-likeness (QED) is 0.735. The first kappa shape index (κ1) is 8.05. The van der Waals surface area contributed by atoms with Gasteiger partial charge in [-0.2, -0.15) is 0 Å². The molecule has 0 aliphatic carbocycles. The van der Waals surface area contributed by atoms with Crippen LogP contribution in [0.4, 0.5) is 0 Å². The van der Waals surface area contributed by atoms with Crippen molar-refractivity contribution in [2.24, 2.45) is 0 Å². The fraction of sp³-hybridized carbons (Fsp3) is 0.429. The maximum absolute atomic E-state index is 9.29. The Morgan fingerprint density at radius 2 is 2.40 bits per heavy atom. The van der Waals surface area contributed by atoms with Crippen LogP contribution in [-0.2, 0) is 0 Å². The summed E-state index contributed by atoms with van der Waals surface area (Å²) in [5.41, 5.74) is 0. The molecule has 0 amide bonds. The van der Waals surface area contributed by atoms with E-state index in [9.17, 15) is 5.11 Å². The molecule has 0 spiro atoms. The molecule has 1 aromatic heterocycles. The molecule has 1 heterocycles. The fourth-order valence-electron chi connectivity index (χ4n) is 0.709. The SMILES string of the molecule is CC[C@@H](O)c1ccc(Cl)s1. The van der Waals surface area contributed by atoms with Crippen molar-refractivity contribution in [2.75, 3.05) is 0 Å². The molecule has 0 aliphatic rings. The lowest BCUT2D eigenvalue weighted by molar-refractivity contribution is 0.177. The van der Waals surface area contributed by atoms with Gasteiger partial charge in [-0.15, -0.1) is 11.3 Å². The predicted octanol–water partition coefficient (Wildman–Crippen LogP) is 2.84. The van der Waals surface area contributed by atoms with Crippen molar-refractivity contribution < 1.29 is 5.11 Å². The summed E-state index contributed by atoms with van der Waals surface area (Å²) >= 11 is 7.10. The average Bonchev–Trinajstić information content (AvgIpc) is 2.34. The summed E-state index contributed by atoms with van der Waals surface area (Å²) in [7, 11) is 0. The van der Waals surface area contributed by atoms with Crippen molar-refractivity contribution in [3.63, 3.8) is 0 Å². The molecule has 0 saturated heterocycles. The monoisotopic (exact) mass is 176 g/mol. The summed E-state index contributed by atoms with van der Waals surface area (Å²) in [6, 6.07) is 3.67. The normalized spacial score (nSPS) is 13.5. The molecular weight excluding hydrogens is 168 g/mol. The molecule has 1 atom stereocenters. The van der Waals surface area contributed by atoms with Gasteiger partial charge in [0.1, 0.15) is 0 Å². The van der Waals surface area contributed by atoms with Gasteiger partial charge in [0.15, 0.2) is 0 Å². The van der Waals surface area contributed by atoms with Gasteiger partial charge in [-0.25, -0.2) is 0 Å². The second-order valence-corrected chi connectivity index (χ2v) is 3.81. The van der Waals surface area contributed by atoms with Crippen LogP contribution in [0.1, 0.15) is 24.3 Å². The molecule has 0 fully saturated rings. The molecule has 0 aromatic carbocycles. The van der Waals surface area contributed by atoms with E-state index in [4.69, 9.17) is 11.6 Å². The highest BCUT2D eigenvalue weighted by atomic mass is 35.5. The van der Waals surface area contributed by atoms with Gasteiger partial charge in [0, 0.05) is 4.88 Å². The maximum atomic E-state index is 9.29. The standard InChI is InChI=1S/C7H9ClOS/c1-2-5(9)6-3-4-7(8)10-6/h3-5,9H,2H2,1H3/t5-/m1/s1. The van der Waals surface area contributed by atoms with E-state index in [1.54, 1.807) is 6.07 Å². The zero-order chi connectivity index (χ0) is 7.56. The molecule has 3 heteroatoms. The van der Waals surface area contributed by atoms with Crippen LogP contribution in [0, 0.1) is 0 Å². The number of hydrogen-bond acceptors (Lipinski definition) is 2. The molecule has 1 nitrogen and oxygen atoms in total. The molecule has 10 heavy (non-hydrogen) atoms. The second-order valence-electron chi connectivity index (χ2n) is 2.07. The minimum absolute atomic E-state index is 0.336. The Balaban J connectivity index is 2.74. The van der Waals surface area contributed by atoms with Crippen LogP contribution in [0.5, 0.6) is 0 Å². The zero-order valence-corrected chi connectivity index (χ0v) is 7.25. The Morgan fingerprint density at radius 3 is 2.80 bits per heavy atom. The average molecular weight is 177 g/mol. The van der Waals surface area contributed by atoms with Crippen molar-refractivity contribution in [3.05, 3.63) is 21.3 Å². The molecule has 0 radical (unpaired) electrons. The number of thiophene rings is 1. The van der Waals surface area contributed by atoms with Gasteiger partial charge in [-0.3, -0.25) is 0 Å². The summed E-state index contributed by atoms with van der Waals surface area (Å²) in [5.74, 6) is 0. The van der Waals surface area contributed by atoms with Gasteiger partial charge >= 0.3 is 0 Å². The van der Waals surface area contributed by atoms with Crippen molar-refractivity contribution in [2.45, 2.75) is 19.4 Å². The van der Waals surface area contributed by atoms with Crippen molar-refractivity contribution in [3.8, 4) is 0 Å². The first-order valence-corrected chi connectivity index (χ1v) is 4.36. The van der Waals surface area contributed by atoms with Crippen LogP contribution in [0.3, 0.4) is 0 Å². The topological polar surface area (TPSA) is 20.2 Å². The molecule has 1 N–H and O–H groups in total. The third-order valence-electron chi connectivity index (χ3n) is 1.31. The summed E-state index contributed by atoms with van der Waals surface area (Å²) in [5, 5.41) is 9.29. The molecule has 0 saturated carbocycles. The van der Waals surface area contributed by atoms with E-state index in [1.807, 2.05) is 13.0 Å². The van der Waals surface area contributed by atoms with Gasteiger partial charge in [0.2, 0.25) is 0 Å². The Morgan fingerprint density at radius 1 is 1.70 bits per heavy atom. The highest BCUT2D eigenvalue weighted by Crippen LogP contribution is 2.27. The van der Waals surface area contributed by atoms with E-state index >= 15 is 0 Å². The first-order chi connectivity index (χ1) is 4.74. The third-order valence-corrected chi connectivity index (χ3v) is 2.64. The van der Waals surface area contributed by atoms with Crippen LogP contribution in [-0.4, -0.2) is 5.11 Å². The van der Waals surface area contributed by atoms with E-state index in [-0.39, 0.29) is 6.10 Å². The number of aliphatic hydroxyl groups excluding tert-OH is 1. The summed E-state index contributed by atoms with van der Waals surface area (Å²) in [6.45, 7) is 1.94. The highest BCUT2D eigenvalue weighted by Gasteiger charge is 2.06. The van der Waals surface area contributed by atoms with E-state index in [2.05, 4.69) is 0 Å². The van der Waals surface area contributed by atoms with Crippen LogP contribution >= 0.6 is 22.9 Å². The number of rotatable bonds is 2. The molecule has 0 unspecified atom stereocenters. The van der Waals surface area contributed by atoms with Gasteiger partial charge in [-0.1, -0.05) is 18.5 Å². The summed E-state index contributed by atoms with van der Waals surface area (Å²) < 4.78 is 0.738. The third kappa shape index (κ3) is 1.72. The Bertz CT molecular complexity index is 209. The summed E-state index contributed by atoms with van der Waals surface area (Å²) in [6.07, 6.45) is 0.411. The zero-order valence-electron chi connectivity index (χ0n) is 5.67. The van der Waals surface area contributed by atoms with Gasteiger partial charge in [0.05, 0.1) is 10.4 Å². The lowest BCUT2D eigenvalue weighted by Gasteiger charge is -2.01. The first-order valence-electron chi connectivity index (χ1n) is 3.17. The number of aliphatic hydroxyl groups is 1. The predicted molar refractivity (Wildman–Crippen MR) is 44.6 cm³/mol.